The van der Waals surface area contributed by atoms with Gasteiger partial charge < -0.3 is 4.90 Å². The van der Waals surface area contributed by atoms with Crippen molar-refractivity contribution in [2.45, 2.75) is 26.7 Å². The molecule has 68 valence electrons. The monoisotopic (exact) mass is 168 g/mol. The van der Waals surface area contributed by atoms with Crippen LogP contribution in [0, 0.1) is 17.2 Å². The van der Waals surface area contributed by atoms with Gasteiger partial charge in [-0.15, -0.1) is 0 Å². The van der Waals surface area contributed by atoms with Crippen LogP contribution in [0.5, 0.6) is 0 Å². The average molecular weight is 168 g/mol. The molecule has 0 radical (unpaired) electrons. The molecule has 0 fully saturated rings. The molecule has 0 saturated carbocycles. The quantitative estimate of drug-likeness (QED) is 0.637. The lowest BCUT2D eigenvalue weighted by Gasteiger charge is -2.16. The molecule has 1 atom stereocenters. The molecule has 0 aliphatic rings. The van der Waals surface area contributed by atoms with E-state index in [2.05, 4.69) is 0 Å². The Balaban J connectivity index is 3.80. The SMILES string of the molecule is CCCN(C)C(=O)CC(C)C#N. The van der Waals surface area contributed by atoms with Gasteiger partial charge in [0.25, 0.3) is 0 Å². The van der Waals surface area contributed by atoms with Crippen molar-refractivity contribution in [3.05, 3.63) is 0 Å². The Morgan fingerprint density at radius 1 is 1.67 bits per heavy atom. The topological polar surface area (TPSA) is 44.1 Å². The lowest BCUT2D eigenvalue weighted by atomic mass is 10.1. The number of hydrogen-bond donors (Lipinski definition) is 0. The molecule has 1 unspecified atom stereocenters. The van der Waals surface area contributed by atoms with Gasteiger partial charge in [0.15, 0.2) is 0 Å². The fourth-order valence-corrected chi connectivity index (χ4v) is 0.924. The van der Waals surface area contributed by atoms with Gasteiger partial charge in [-0.3, -0.25) is 4.79 Å². The molecule has 0 aromatic heterocycles. The van der Waals surface area contributed by atoms with E-state index in [1.165, 1.54) is 0 Å². The smallest absolute Gasteiger partial charge is 0.223 e. The summed E-state index contributed by atoms with van der Waals surface area (Å²) in [5.74, 6) is -0.109. The maximum absolute atomic E-state index is 11.3. The summed E-state index contributed by atoms with van der Waals surface area (Å²) in [6.45, 7) is 4.56. The molecule has 3 nitrogen and oxygen atoms in total. The third-order valence-electron chi connectivity index (χ3n) is 1.69. The van der Waals surface area contributed by atoms with E-state index >= 15 is 0 Å². The minimum Gasteiger partial charge on any atom is -0.346 e. The molecule has 0 aliphatic heterocycles. The average Bonchev–Trinajstić information content (AvgIpc) is 2.04. The number of hydrogen-bond acceptors (Lipinski definition) is 2. The lowest BCUT2D eigenvalue weighted by Crippen LogP contribution is -2.28. The van der Waals surface area contributed by atoms with Gasteiger partial charge in [0.05, 0.1) is 12.0 Å². The minimum absolute atomic E-state index is 0.0610. The van der Waals surface area contributed by atoms with Gasteiger partial charge in [-0.1, -0.05) is 6.92 Å². The largest absolute Gasteiger partial charge is 0.346 e. The van der Waals surface area contributed by atoms with Crippen molar-refractivity contribution >= 4 is 5.91 Å². The van der Waals surface area contributed by atoms with Crippen LogP contribution in [-0.4, -0.2) is 24.4 Å². The summed E-state index contributed by atoms with van der Waals surface area (Å²) in [7, 11) is 1.77. The van der Waals surface area contributed by atoms with Crippen LogP contribution >= 0.6 is 0 Å². The van der Waals surface area contributed by atoms with Gasteiger partial charge in [0.1, 0.15) is 0 Å². The second kappa shape index (κ2) is 5.59. The summed E-state index contributed by atoms with van der Waals surface area (Å²) < 4.78 is 0. The number of nitrogens with zero attached hydrogens (tertiary/aromatic N) is 2. The molecule has 0 spiro atoms. The first-order valence-electron chi connectivity index (χ1n) is 4.25. The third kappa shape index (κ3) is 3.97. The van der Waals surface area contributed by atoms with E-state index in [1.54, 1.807) is 18.9 Å². The Morgan fingerprint density at radius 2 is 2.25 bits per heavy atom. The number of rotatable bonds is 4. The minimum atomic E-state index is -0.170. The van der Waals surface area contributed by atoms with E-state index < -0.39 is 0 Å². The van der Waals surface area contributed by atoms with Crippen LogP contribution in [0.15, 0.2) is 0 Å². The fourth-order valence-electron chi connectivity index (χ4n) is 0.924. The Hall–Kier alpha value is -1.04. The molecule has 0 aromatic rings. The van der Waals surface area contributed by atoms with Crippen molar-refractivity contribution in [1.29, 1.82) is 5.26 Å². The molecule has 0 aliphatic carbocycles. The van der Waals surface area contributed by atoms with E-state index in [0.29, 0.717) is 6.42 Å². The number of nitriles is 1. The standard InChI is InChI=1S/C9H16N2O/c1-4-5-11(3)9(12)6-8(2)7-10/h8H,4-6H2,1-3H3. The summed E-state index contributed by atoms with van der Waals surface area (Å²) in [6, 6.07) is 2.05. The molecule has 0 bridgehead atoms. The molecule has 3 heteroatoms. The van der Waals surface area contributed by atoms with Crippen molar-refractivity contribution < 1.29 is 4.79 Å². The molecular formula is C9H16N2O. The van der Waals surface area contributed by atoms with Crippen LogP contribution in [0.1, 0.15) is 26.7 Å². The van der Waals surface area contributed by atoms with Crippen molar-refractivity contribution in [2.24, 2.45) is 5.92 Å². The lowest BCUT2D eigenvalue weighted by molar-refractivity contribution is -0.130. The van der Waals surface area contributed by atoms with Crippen molar-refractivity contribution in [2.75, 3.05) is 13.6 Å². The highest BCUT2D eigenvalue weighted by Gasteiger charge is 2.11. The Bertz CT molecular complexity index is 183. The van der Waals surface area contributed by atoms with Gasteiger partial charge >= 0.3 is 0 Å². The third-order valence-corrected chi connectivity index (χ3v) is 1.69. The zero-order valence-electron chi connectivity index (χ0n) is 8.00. The Kier molecular flexibility index (Phi) is 5.11. The van der Waals surface area contributed by atoms with Crippen LogP contribution in [0.25, 0.3) is 0 Å². The van der Waals surface area contributed by atoms with Crippen LogP contribution in [0.4, 0.5) is 0 Å². The summed E-state index contributed by atoms with van der Waals surface area (Å²) in [4.78, 5) is 13.0. The summed E-state index contributed by atoms with van der Waals surface area (Å²) >= 11 is 0. The highest BCUT2D eigenvalue weighted by molar-refractivity contribution is 5.76. The van der Waals surface area contributed by atoms with E-state index in [1.807, 2.05) is 13.0 Å². The van der Waals surface area contributed by atoms with E-state index in [0.717, 1.165) is 13.0 Å². The molecule has 0 N–H and O–H groups in total. The summed E-state index contributed by atoms with van der Waals surface area (Å²) in [5, 5.41) is 8.47. The molecule has 0 heterocycles. The van der Waals surface area contributed by atoms with Gasteiger partial charge in [-0.2, -0.15) is 5.26 Å². The van der Waals surface area contributed by atoms with Crippen LogP contribution < -0.4 is 0 Å². The second-order valence-corrected chi connectivity index (χ2v) is 3.05. The molecule has 0 aromatic carbocycles. The molecule has 0 rings (SSSR count). The van der Waals surface area contributed by atoms with E-state index in [9.17, 15) is 4.79 Å². The zero-order chi connectivity index (χ0) is 9.56. The van der Waals surface area contributed by atoms with E-state index in [-0.39, 0.29) is 11.8 Å². The number of carbonyl (C=O) groups excluding carboxylic acids is 1. The highest BCUT2D eigenvalue weighted by Crippen LogP contribution is 2.02. The summed E-state index contributed by atoms with van der Waals surface area (Å²) in [6.07, 6.45) is 1.30. The van der Waals surface area contributed by atoms with Crippen molar-refractivity contribution in [3.8, 4) is 6.07 Å². The van der Waals surface area contributed by atoms with Crippen LogP contribution in [0.2, 0.25) is 0 Å². The predicted octanol–water partition coefficient (Wildman–Crippen LogP) is 1.40. The molecule has 12 heavy (non-hydrogen) atoms. The zero-order valence-corrected chi connectivity index (χ0v) is 8.00. The van der Waals surface area contributed by atoms with Gasteiger partial charge in [0, 0.05) is 20.0 Å². The number of amides is 1. The van der Waals surface area contributed by atoms with Gasteiger partial charge in [0.2, 0.25) is 5.91 Å². The first kappa shape index (κ1) is 11.0. The first-order chi connectivity index (χ1) is 5.61. The first-order valence-corrected chi connectivity index (χ1v) is 4.25. The maximum Gasteiger partial charge on any atom is 0.223 e. The van der Waals surface area contributed by atoms with Gasteiger partial charge in [-0.25, -0.2) is 0 Å². The van der Waals surface area contributed by atoms with Gasteiger partial charge in [-0.05, 0) is 13.3 Å². The van der Waals surface area contributed by atoms with Crippen LogP contribution in [0.3, 0.4) is 0 Å². The second-order valence-electron chi connectivity index (χ2n) is 3.05. The Morgan fingerprint density at radius 3 is 2.67 bits per heavy atom. The van der Waals surface area contributed by atoms with Crippen molar-refractivity contribution in [3.63, 3.8) is 0 Å². The summed E-state index contributed by atoms with van der Waals surface area (Å²) in [5.41, 5.74) is 0. The Labute approximate surface area is 74.0 Å². The predicted molar refractivity (Wildman–Crippen MR) is 47.3 cm³/mol. The molecule has 0 saturated heterocycles. The number of carbonyl (C=O) groups is 1. The fraction of sp³-hybridized carbons (Fsp3) is 0.778. The van der Waals surface area contributed by atoms with Crippen molar-refractivity contribution in [1.82, 2.24) is 4.90 Å². The highest BCUT2D eigenvalue weighted by atomic mass is 16.2. The molecular weight excluding hydrogens is 152 g/mol. The normalized spacial score (nSPS) is 11.8. The molecule has 1 amide bonds. The van der Waals surface area contributed by atoms with E-state index in [4.69, 9.17) is 5.26 Å². The van der Waals surface area contributed by atoms with Crippen LogP contribution in [-0.2, 0) is 4.79 Å². The maximum atomic E-state index is 11.3.